The van der Waals surface area contributed by atoms with Crippen molar-refractivity contribution in [2.45, 2.75) is 24.7 Å². The van der Waals surface area contributed by atoms with Crippen molar-refractivity contribution < 1.29 is 19.1 Å². The SMILES string of the molecule is COC(=O)[C@H]1[C@H]2C(=O)N([C@H](C)c3ccncc3)C[C@@]23C=C[C@H]1O3. The molecule has 1 aromatic rings. The number of rotatable bonds is 3. The van der Waals surface area contributed by atoms with Crippen molar-refractivity contribution in [1.29, 1.82) is 0 Å². The van der Waals surface area contributed by atoms with Gasteiger partial charge in [-0.05, 0) is 24.6 Å². The monoisotopic (exact) mass is 314 g/mol. The van der Waals surface area contributed by atoms with Gasteiger partial charge in [0.15, 0.2) is 0 Å². The number of hydrogen-bond acceptors (Lipinski definition) is 5. The van der Waals surface area contributed by atoms with Gasteiger partial charge in [0.2, 0.25) is 5.91 Å². The number of nitrogens with zero attached hydrogens (tertiary/aromatic N) is 2. The van der Waals surface area contributed by atoms with E-state index in [0.717, 1.165) is 5.56 Å². The summed E-state index contributed by atoms with van der Waals surface area (Å²) in [6.07, 6.45) is 6.90. The number of aromatic nitrogens is 1. The smallest absolute Gasteiger partial charge is 0.312 e. The van der Waals surface area contributed by atoms with Crippen LogP contribution in [0.4, 0.5) is 0 Å². The van der Waals surface area contributed by atoms with Crippen molar-refractivity contribution in [3.63, 3.8) is 0 Å². The largest absolute Gasteiger partial charge is 0.469 e. The van der Waals surface area contributed by atoms with Crippen LogP contribution in [0.15, 0.2) is 36.7 Å². The maximum Gasteiger partial charge on any atom is 0.312 e. The summed E-state index contributed by atoms with van der Waals surface area (Å²) in [6, 6.07) is 3.70. The standard InChI is InChI=1S/C17H18N2O4/c1-10(11-4-7-18-8-5-11)19-9-17-6-3-12(23-17)13(16(21)22-2)14(17)15(19)20/h3-8,10,12-14H,9H2,1-2H3/t10-,12-,13-,14+,17+/m1/s1. The average Bonchev–Trinajstić information content (AvgIpc) is 3.22. The average molecular weight is 314 g/mol. The molecule has 4 heterocycles. The summed E-state index contributed by atoms with van der Waals surface area (Å²) in [5, 5.41) is 0. The molecule has 3 aliphatic heterocycles. The van der Waals surface area contributed by atoms with Crippen LogP contribution in [0.3, 0.4) is 0 Å². The van der Waals surface area contributed by atoms with E-state index >= 15 is 0 Å². The van der Waals surface area contributed by atoms with Crippen LogP contribution < -0.4 is 0 Å². The van der Waals surface area contributed by atoms with Crippen LogP contribution in [0.25, 0.3) is 0 Å². The quantitative estimate of drug-likeness (QED) is 0.617. The molecule has 2 saturated heterocycles. The highest BCUT2D eigenvalue weighted by Crippen LogP contribution is 2.53. The van der Waals surface area contributed by atoms with Gasteiger partial charge >= 0.3 is 5.97 Å². The lowest BCUT2D eigenvalue weighted by Gasteiger charge is -2.27. The molecule has 2 fully saturated rings. The molecule has 6 nitrogen and oxygen atoms in total. The number of amides is 1. The zero-order valence-corrected chi connectivity index (χ0v) is 13.0. The molecule has 1 aromatic heterocycles. The third kappa shape index (κ3) is 1.88. The molecule has 0 saturated carbocycles. The zero-order chi connectivity index (χ0) is 16.2. The minimum absolute atomic E-state index is 0.0448. The van der Waals surface area contributed by atoms with Gasteiger partial charge in [-0.1, -0.05) is 12.2 Å². The second-order valence-electron chi connectivity index (χ2n) is 6.35. The van der Waals surface area contributed by atoms with Gasteiger partial charge in [0.1, 0.15) is 11.5 Å². The fourth-order valence-corrected chi connectivity index (χ4v) is 4.08. The topological polar surface area (TPSA) is 68.7 Å². The molecule has 23 heavy (non-hydrogen) atoms. The first-order valence-corrected chi connectivity index (χ1v) is 7.73. The maximum absolute atomic E-state index is 13.0. The molecule has 5 atom stereocenters. The minimum atomic E-state index is -0.693. The predicted molar refractivity (Wildman–Crippen MR) is 80.1 cm³/mol. The van der Waals surface area contributed by atoms with Gasteiger partial charge in [-0.25, -0.2) is 0 Å². The van der Waals surface area contributed by atoms with E-state index in [4.69, 9.17) is 9.47 Å². The molecule has 1 spiro atoms. The van der Waals surface area contributed by atoms with Gasteiger partial charge in [-0.3, -0.25) is 14.6 Å². The molecule has 0 N–H and O–H groups in total. The van der Waals surface area contributed by atoms with Crippen molar-refractivity contribution in [1.82, 2.24) is 9.88 Å². The van der Waals surface area contributed by atoms with E-state index in [0.29, 0.717) is 6.54 Å². The molecule has 0 aliphatic carbocycles. The van der Waals surface area contributed by atoms with Crippen LogP contribution in [-0.4, -0.2) is 47.1 Å². The first-order chi connectivity index (χ1) is 11.1. The van der Waals surface area contributed by atoms with Gasteiger partial charge in [0, 0.05) is 12.4 Å². The Morgan fingerprint density at radius 1 is 1.48 bits per heavy atom. The lowest BCUT2D eigenvalue weighted by atomic mass is 9.77. The normalized spacial score (nSPS) is 35.5. The number of esters is 1. The number of carbonyl (C=O) groups excluding carboxylic acids is 2. The first-order valence-electron chi connectivity index (χ1n) is 7.73. The summed E-state index contributed by atoms with van der Waals surface area (Å²) >= 11 is 0. The summed E-state index contributed by atoms with van der Waals surface area (Å²) in [5.74, 6) is -1.46. The summed E-state index contributed by atoms with van der Waals surface area (Å²) in [7, 11) is 1.35. The number of fused-ring (bicyclic) bond motifs is 1. The van der Waals surface area contributed by atoms with E-state index < -0.39 is 17.4 Å². The van der Waals surface area contributed by atoms with E-state index in [1.165, 1.54) is 7.11 Å². The van der Waals surface area contributed by atoms with Gasteiger partial charge in [-0.2, -0.15) is 0 Å². The van der Waals surface area contributed by atoms with E-state index in [2.05, 4.69) is 4.98 Å². The first kappa shape index (κ1) is 14.4. The van der Waals surface area contributed by atoms with Crippen LogP contribution in [0.1, 0.15) is 18.5 Å². The van der Waals surface area contributed by atoms with Gasteiger partial charge in [0.25, 0.3) is 0 Å². The van der Waals surface area contributed by atoms with Crippen LogP contribution in [0, 0.1) is 11.8 Å². The number of hydrogen-bond donors (Lipinski definition) is 0. The lowest BCUT2D eigenvalue weighted by Crippen LogP contribution is -2.39. The highest BCUT2D eigenvalue weighted by atomic mass is 16.5. The number of carbonyl (C=O) groups is 2. The van der Waals surface area contributed by atoms with Gasteiger partial charge < -0.3 is 14.4 Å². The predicted octanol–water partition coefficient (Wildman–Crippen LogP) is 1.10. The van der Waals surface area contributed by atoms with Crippen LogP contribution >= 0.6 is 0 Å². The van der Waals surface area contributed by atoms with Crippen molar-refractivity contribution in [3.8, 4) is 0 Å². The molecule has 0 aromatic carbocycles. The van der Waals surface area contributed by atoms with Crippen molar-refractivity contribution in [2.75, 3.05) is 13.7 Å². The molecule has 6 heteroatoms. The molecule has 3 aliphatic rings. The Balaban J connectivity index is 1.67. The Hall–Kier alpha value is -2.21. The van der Waals surface area contributed by atoms with E-state index in [-0.39, 0.29) is 24.0 Å². The molecule has 120 valence electrons. The van der Waals surface area contributed by atoms with Crippen molar-refractivity contribution >= 4 is 11.9 Å². The second kappa shape index (κ2) is 4.89. The highest BCUT2D eigenvalue weighted by molar-refractivity contribution is 5.91. The zero-order valence-electron chi connectivity index (χ0n) is 13.0. The number of likely N-dealkylation sites (tertiary alicyclic amines) is 1. The Bertz CT molecular complexity index is 689. The maximum atomic E-state index is 13.0. The number of methoxy groups -OCH3 is 1. The molecular weight excluding hydrogens is 296 g/mol. The second-order valence-corrected chi connectivity index (χ2v) is 6.35. The Morgan fingerprint density at radius 3 is 2.91 bits per heavy atom. The Kier molecular flexibility index (Phi) is 3.06. The molecule has 1 amide bonds. The fourth-order valence-electron chi connectivity index (χ4n) is 4.08. The highest BCUT2D eigenvalue weighted by Gasteiger charge is 2.67. The Morgan fingerprint density at radius 2 is 2.22 bits per heavy atom. The van der Waals surface area contributed by atoms with Gasteiger partial charge in [0.05, 0.1) is 31.7 Å². The van der Waals surface area contributed by atoms with E-state index in [9.17, 15) is 9.59 Å². The molecule has 2 bridgehead atoms. The van der Waals surface area contributed by atoms with Crippen LogP contribution in [0.2, 0.25) is 0 Å². The molecule has 4 rings (SSSR count). The summed E-state index contributed by atoms with van der Waals surface area (Å²) < 4.78 is 10.9. The third-order valence-corrected chi connectivity index (χ3v) is 5.26. The van der Waals surface area contributed by atoms with Crippen LogP contribution in [0.5, 0.6) is 0 Å². The number of pyridine rings is 1. The van der Waals surface area contributed by atoms with Crippen molar-refractivity contribution in [2.24, 2.45) is 11.8 Å². The molecular formula is C17H18N2O4. The van der Waals surface area contributed by atoms with E-state index in [1.807, 2.05) is 31.2 Å². The summed E-state index contributed by atoms with van der Waals surface area (Å²) in [6.45, 7) is 2.44. The fraction of sp³-hybridized carbons (Fsp3) is 0.471. The van der Waals surface area contributed by atoms with E-state index in [1.54, 1.807) is 17.3 Å². The molecule has 0 unspecified atom stereocenters. The summed E-state index contributed by atoms with van der Waals surface area (Å²) in [5.41, 5.74) is 0.319. The van der Waals surface area contributed by atoms with Crippen LogP contribution in [-0.2, 0) is 19.1 Å². The molecule has 0 radical (unpaired) electrons. The minimum Gasteiger partial charge on any atom is -0.469 e. The van der Waals surface area contributed by atoms with Crippen molar-refractivity contribution in [3.05, 3.63) is 42.2 Å². The van der Waals surface area contributed by atoms with Gasteiger partial charge in [-0.15, -0.1) is 0 Å². The Labute approximate surface area is 134 Å². The number of ether oxygens (including phenoxy) is 2. The summed E-state index contributed by atoms with van der Waals surface area (Å²) in [4.78, 5) is 30.9. The third-order valence-electron chi connectivity index (χ3n) is 5.26. The lowest BCUT2D eigenvalue weighted by molar-refractivity contribution is -0.151.